The van der Waals surface area contributed by atoms with E-state index in [0.29, 0.717) is 0 Å². The van der Waals surface area contributed by atoms with Crippen LogP contribution in [0.5, 0.6) is 0 Å². The van der Waals surface area contributed by atoms with Gasteiger partial charge in [-0.1, -0.05) is 31.4 Å². The number of amides is 2. The van der Waals surface area contributed by atoms with Gasteiger partial charge in [0, 0.05) is 6.04 Å². The van der Waals surface area contributed by atoms with Gasteiger partial charge in [0.25, 0.3) is 0 Å². The van der Waals surface area contributed by atoms with E-state index in [9.17, 15) is 17.1 Å². The highest BCUT2D eigenvalue weighted by molar-refractivity contribution is 7.86. The molecule has 1 aromatic rings. The summed E-state index contributed by atoms with van der Waals surface area (Å²) in [6, 6.07) is 4.99. The number of para-hydroxylation sites is 1. The molecule has 2 N–H and O–H groups in total. The summed E-state index contributed by atoms with van der Waals surface area (Å²) in [5.41, 5.74) is -0.0525. The molecule has 0 bridgehead atoms. The van der Waals surface area contributed by atoms with Gasteiger partial charge >= 0.3 is 16.3 Å². The van der Waals surface area contributed by atoms with E-state index >= 15 is 0 Å². The van der Waals surface area contributed by atoms with Crippen LogP contribution < -0.4 is 10.6 Å². The number of carbonyl (C=O) groups is 1. The summed E-state index contributed by atoms with van der Waals surface area (Å²) in [4.78, 5) is 11.3. The van der Waals surface area contributed by atoms with E-state index in [1.807, 2.05) is 0 Å². The molecule has 0 aromatic heterocycles. The predicted octanol–water partition coefficient (Wildman–Crippen LogP) is 2.80. The summed E-state index contributed by atoms with van der Waals surface area (Å²) < 4.78 is 35.1. The average molecular weight is 300 g/mol. The van der Waals surface area contributed by atoms with Gasteiger partial charge in [-0.25, -0.2) is 4.79 Å². The Bertz CT molecular complexity index is 583. The second-order valence-corrected chi connectivity index (χ2v) is 6.18. The Hall–Kier alpha value is -1.63. The van der Waals surface area contributed by atoms with Crippen molar-refractivity contribution in [1.29, 1.82) is 0 Å². The van der Waals surface area contributed by atoms with E-state index in [0.717, 1.165) is 31.7 Å². The summed E-state index contributed by atoms with van der Waals surface area (Å²) >= 11 is 0. The van der Waals surface area contributed by atoms with E-state index in [4.69, 9.17) is 0 Å². The molecule has 2 rings (SSSR count). The van der Waals surface area contributed by atoms with E-state index in [-0.39, 0.29) is 11.7 Å². The third-order valence-electron chi connectivity index (χ3n) is 3.34. The van der Waals surface area contributed by atoms with E-state index in [2.05, 4.69) is 10.6 Å². The predicted molar refractivity (Wildman–Crippen MR) is 73.8 cm³/mol. The molecule has 1 saturated carbocycles. The molecule has 1 aliphatic carbocycles. The van der Waals surface area contributed by atoms with Gasteiger partial charge in [-0.3, -0.25) is 0 Å². The van der Waals surface area contributed by atoms with Crippen LogP contribution in [-0.2, 0) is 10.2 Å². The molecule has 2 amide bonds. The summed E-state index contributed by atoms with van der Waals surface area (Å²) in [5, 5.41) is 5.17. The molecule has 0 heterocycles. The van der Waals surface area contributed by atoms with Crippen molar-refractivity contribution in [3.8, 4) is 0 Å². The zero-order valence-corrected chi connectivity index (χ0v) is 11.7. The van der Waals surface area contributed by atoms with E-state index < -0.39 is 21.1 Å². The minimum absolute atomic E-state index is 0.0525. The molecule has 20 heavy (non-hydrogen) atoms. The van der Waals surface area contributed by atoms with E-state index in [1.54, 1.807) is 0 Å². The van der Waals surface area contributed by atoms with Crippen LogP contribution in [0.3, 0.4) is 0 Å². The first-order chi connectivity index (χ1) is 9.47. The van der Waals surface area contributed by atoms with Crippen LogP contribution in [0.1, 0.15) is 32.1 Å². The Balaban J connectivity index is 2.04. The number of benzene rings is 1. The minimum atomic E-state index is -4.85. The number of nitrogens with one attached hydrogen (secondary N) is 2. The van der Waals surface area contributed by atoms with Crippen molar-refractivity contribution in [3.05, 3.63) is 24.3 Å². The van der Waals surface area contributed by atoms with Crippen LogP contribution in [-0.4, -0.2) is 20.5 Å². The minimum Gasteiger partial charge on any atom is -0.335 e. The second-order valence-electron chi connectivity index (χ2n) is 4.87. The SMILES string of the molecule is O=C(Nc1ccccc1S(=O)(=O)F)NC1CCCCC1. The summed E-state index contributed by atoms with van der Waals surface area (Å²) in [7, 11) is -4.85. The van der Waals surface area contributed by atoms with Gasteiger partial charge in [-0.15, -0.1) is 3.89 Å². The van der Waals surface area contributed by atoms with Crippen molar-refractivity contribution in [2.75, 3.05) is 5.32 Å². The molecule has 1 aromatic carbocycles. The fraction of sp³-hybridized carbons (Fsp3) is 0.462. The van der Waals surface area contributed by atoms with Crippen molar-refractivity contribution in [2.24, 2.45) is 0 Å². The standard InChI is InChI=1S/C13H17FN2O3S/c14-20(18,19)12-9-5-4-8-11(12)16-13(17)15-10-6-2-1-3-7-10/h4-5,8-10H,1-3,6-7H2,(H2,15,16,17). The number of hydrogen-bond acceptors (Lipinski definition) is 3. The molecular weight excluding hydrogens is 283 g/mol. The maximum Gasteiger partial charge on any atom is 0.334 e. The van der Waals surface area contributed by atoms with Gasteiger partial charge in [0.1, 0.15) is 4.90 Å². The Kier molecular flexibility index (Phi) is 4.59. The Morgan fingerprint density at radius 3 is 2.45 bits per heavy atom. The van der Waals surface area contributed by atoms with Crippen molar-refractivity contribution in [1.82, 2.24) is 5.32 Å². The van der Waals surface area contributed by atoms with Gasteiger partial charge in [0.2, 0.25) is 0 Å². The summed E-state index contributed by atoms with van der Waals surface area (Å²) in [5.74, 6) is 0. The largest absolute Gasteiger partial charge is 0.335 e. The van der Waals surface area contributed by atoms with Gasteiger partial charge in [0.05, 0.1) is 5.69 Å². The molecule has 0 saturated heterocycles. The van der Waals surface area contributed by atoms with Crippen LogP contribution in [0.2, 0.25) is 0 Å². The third-order valence-corrected chi connectivity index (χ3v) is 4.22. The monoisotopic (exact) mass is 300 g/mol. The smallest absolute Gasteiger partial charge is 0.334 e. The number of hydrogen-bond donors (Lipinski definition) is 2. The molecule has 5 nitrogen and oxygen atoms in total. The third kappa shape index (κ3) is 3.93. The second kappa shape index (κ2) is 6.21. The summed E-state index contributed by atoms with van der Waals surface area (Å²) in [6.45, 7) is 0. The van der Waals surface area contributed by atoms with Crippen LogP contribution in [0.15, 0.2) is 29.2 Å². The zero-order valence-electron chi connectivity index (χ0n) is 10.9. The van der Waals surface area contributed by atoms with Gasteiger partial charge < -0.3 is 10.6 Å². The maximum absolute atomic E-state index is 13.1. The Morgan fingerprint density at radius 2 is 1.80 bits per heavy atom. The molecule has 0 unspecified atom stereocenters. The topological polar surface area (TPSA) is 75.3 Å². The zero-order chi connectivity index (χ0) is 14.6. The lowest BCUT2D eigenvalue weighted by Gasteiger charge is -2.23. The molecule has 1 fully saturated rings. The first kappa shape index (κ1) is 14.8. The lowest BCUT2D eigenvalue weighted by atomic mass is 9.96. The van der Waals surface area contributed by atoms with Gasteiger partial charge in [0.15, 0.2) is 0 Å². The molecule has 0 radical (unpaired) electrons. The van der Waals surface area contributed by atoms with Crippen molar-refractivity contribution in [3.63, 3.8) is 0 Å². The molecule has 1 aliphatic rings. The molecule has 0 spiro atoms. The highest BCUT2D eigenvalue weighted by Gasteiger charge is 2.20. The molecule has 0 atom stereocenters. The first-order valence-corrected chi connectivity index (χ1v) is 7.96. The molecule has 0 aliphatic heterocycles. The number of urea groups is 1. The van der Waals surface area contributed by atoms with Gasteiger partial charge in [-0.2, -0.15) is 8.42 Å². The number of halogens is 1. The van der Waals surface area contributed by atoms with Crippen LogP contribution in [0.4, 0.5) is 14.4 Å². The van der Waals surface area contributed by atoms with Crippen molar-refractivity contribution >= 4 is 21.9 Å². The molecule has 110 valence electrons. The summed E-state index contributed by atoms with van der Waals surface area (Å²) in [6.07, 6.45) is 5.14. The van der Waals surface area contributed by atoms with Crippen LogP contribution >= 0.6 is 0 Å². The number of anilines is 1. The van der Waals surface area contributed by atoms with Crippen molar-refractivity contribution in [2.45, 2.75) is 43.0 Å². The number of rotatable bonds is 3. The first-order valence-electron chi connectivity index (χ1n) is 6.58. The molecular formula is C13H17FN2O3S. The van der Waals surface area contributed by atoms with Gasteiger partial charge in [-0.05, 0) is 25.0 Å². The highest BCUT2D eigenvalue weighted by atomic mass is 32.3. The van der Waals surface area contributed by atoms with Crippen molar-refractivity contribution < 1.29 is 17.1 Å². The fourth-order valence-electron chi connectivity index (χ4n) is 2.37. The quantitative estimate of drug-likeness (QED) is 0.843. The van der Waals surface area contributed by atoms with Crippen LogP contribution in [0, 0.1) is 0 Å². The van der Waals surface area contributed by atoms with E-state index in [1.165, 1.54) is 24.6 Å². The highest BCUT2D eigenvalue weighted by Crippen LogP contribution is 2.23. The molecule has 7 heteroatoms. The lowest BCUT2D eigenvalue weighted by molar-refractivity contribution is 0.244. The van der Waals surface area contributed by atoms with Crippen LogP contribution in [0.25, 0.3) is 0 Å². The maximum atomic E-state index is 13.1. The lowest BCUT2D eigenvalue weighted by Crippen LogP contribution is -2.39. The Morgan fingerprint density at radius 1 is 1.15 bits per heavy atom. The average Bonchev–Trinajstić information content (AvgIpc) is 2.39. The number of carbonyl (C=O) groups excluding carboxylic acids is 1. The normalized spacial score (nSPS) is 16.6. The fourth-order valence-corrected chi connectivity index (χ4v) is 3.00. The Labute approximate surface area is 117 Å².